The molecule has 2 aromatic rings. The van der Waals surface area contributed by atoms with Crippen molar-refractivity contribution in [2.75, 3.05) is 0 Å². The molecule has 2 unspecified atom stereocenters. The molecule has 4 rings (SSSR count). The molecule has 1 saturated carbocycles. The Morgan fingerprint density at radius 1 is 1.23 bits per heavy atom. The molecule has 0 amide bonds. The maximum absolute atomic E-state index is 14.1. The summed E-state index contributed by atoms with van der Waals surface area (Å²) in [6.45, 7) is 0. The van der Waals surface area contributed by atoms with Crippen molar-refractivity contribution in [2.45, 2.75) is 36.1 Å². The maximum atomic E-state index is 14.1. The lowest BCUT2D eigenvalue weighted by molar-refractivity contribution is 0.562. The third kappa shape index (κ3) is 1.83. The molecule has 2 N–H and O–H groups in total. The Labute approximate surface area is 125 Å². The van der Waals surface area contributed by atoms with Crippen molar-refractivity contribution in [3.05, 3.63) is 41.1 Å². The predicted octanol–water partition coefficient (Wildman–Crippen LogP) is 2.16. The molecule has 8 heteroatoms. The molecular formula is C14H13F2N3O2S. The summed E-state index contributed by atoms with van der Waals surface area (Å²) in [5.74, 6) is -1.23. The summed E-state index contributed by atoms with van der Waals surface area (Å²) in [7, 11) is -3.99. The number of primary sulfonamides is 1. The minimum absolute atomic E-state index is 0.0418. The topological polar surface area (TPSA) is 78.0 Å². The Bertz CT molecular complexity index is 892. The van der Waals surface area contributed by atoms with Gasteiger partial charge < -0.3 is 0 Å². The van der Waals surface area contributed by atoms with E-state index >= 15 is 0 Å². The zero-order valence-corrected chi connectivity index (χ0v) is 12.3. The van der Waals surface area contributed by atoms with Crippen LogP contribution in [0.5, 0.6) is 0 Å². The summed E-state index contributed by atoms with van der Waals surface area (Å²) in [4.78, 5) is 0. The summed E-state index contributed by atoms with van der Waals surface area (Å²) >= 11 is 0. The van der Waals surface area contributed by atoms with Gasteiger partial charge in [0.1, 0.15) is 11.5 Å². The number of rotatable bonds is 2. The molecule has 2 aliphatic carbocycles. The minimum Gasteiger partial charge on any atom is -0.233 e. The van der Waals surface area contributed by atoms with E-state index in [0.717, 1.165) is 31.4 Å². The van der Waals surface area contributed by atoms with E-state index in [0.29, 0.717) is 11.3 Å². The van der Waals surface area contributed by atoms with Gasteiger partial charge in [0.05, 0.1) is 5.69 Å². The van der Waals surface area contributed by atoms with Crippen molar-refractivity contribution in [3.8, 4) is 5.69 Å². The lowest BCUT2D eigenvalue weighted by atomic mass is 9.98. The van der Waals surface area contributed by atoms with Gasteiger partial charge in [0.25, 0.3) is 10.0 Å². The average molecular weight is 325 g/mol. The Hall–Kier alpha value is -1.80. The van der Waals surface area contributed by atoms with Gasteiger partial charge in [0, 0.05) is 17.5 Å². The van der Waals surface area contributed by atoms with E-state index in [1.807, 2.05) is 0 Å². The SMILES string of the molecule is NS(=O)(=O)c1nn(-c2ccc(F)cc2F)c2c1C1CCC2C1. The summed E-state index contributed by atoms with van der Waals surface area (Å²) in [6.07, 6.45) is 2.63. The fraction of sp³-hybridized carbons (Fsp3) is 0.357. The van der Waals surface area contributed by atoms with E-state index in [1.165, 1.54) is 10.7 Å². The van der Waals surface area contributed by atoms with Gasteiger partial charge in [-0.1, -0.05) is 0 Å². The van der Waals surface area contributed by atoms with E-state index in [2.05, 4.69) is 5.10 Å². The van der Waals surface area contributed by atoms with E-state index in [1.54, 1.807) is 0 Å². The van der Waals surface area contributed by atoms with Gasteiger partial charge >= 0.3 is 0 Å². The average Bonchev–Trinajstić information content (AvgIpc) is 3.08. The largest absolute Gasteiger partial charge is 0.257 e. The highest BCUT2D eigenvalue weighted by Crippen LogP contribution is 2.55. The van der Waals surface area contributed by atoms with Crippen LogP contribution in [0.3, 0.4) is 0 Å². The van der Waals surface area contributed by atoms with Crippen LogP contribution >= 0.6 is 0 Å². The summed E-state index contributed by atoms with van der Waals surface area (Å²) in [6, 6.07) is 3.14. The highest BCUT2D eigenvalue weighted by molar-refractivity contribution is 7.89. The summed E-state index contributed by atoms with van der Waals surface area (Å²) in [5.41, 5.74) is 1.35. The van der Waals surface area contributed by atoms with Crippen LogP contribution in [0.2, 0.25) is 0 Å². The molecule has 1 aromatic carbocycles. The molecule has 2 aliphatic rings. The molecule has 22 heavy (non-hydrogen) atoms. The number of hydrogen-bond donors (Lipinski definition) is 1. The zero-order chi connectivity index (χ0) is 15.6. The fourth-order valence-corrected chi connectivity index (χ4v) is 4.51. The number of benzene rings is 1. The molecule has 1 aromatic heterocycles. The van der Waals surface area contributed by atoms with E-state index in [9.17, 15) is 17.2 Å². The molecule has 0 aliphatic heterocycles. The Morgan fingerprint density at radius 3 is 2.64 bits per heavy atom. The van der Waals surface area contributed by atoms with Crippen LogP contribution in [0.1, 0.15) is 42.4 Å². The van der Waals surface area contributed by atoms with Crippen molar-refractivity contribution in [3.63, 3.8) is 0 Å². The zero-order valence-electron chi connectivity index (χ0n) is 11.5. The standard InChI is InChI=1S/C14H13F2N3O2S/c15-9-3-4-11(10(16)6-9)19-13-8-2-1-7(5-8)12(13)14(18-19)22(17,20)21/h3-4,6-8H,1-2,5H2,(H2,17,20,21). The third-order valence-corrected chi connectivity index (χ3v) is 5.40. The van der Waals surface area contributed by atoms with Crippen molar-refractivity contribution in [1.82, 2.24) is 9.78 Å². The van der Waals surface area contributed by atoms with Crippen molar-refractivity contribution in [1.29, 1.82) is 0 Å². The number of nitrogens with two attached hydrogens (primary N) is 1. The molecule has 1 heterocycles. The Kier molecular flexibility index (Phi) is 2.74. The van der Waals surface area contributed by atoms with Gasteiger partial charge in [-0.05, 0) is 37.3 Å². The number of halogens is 2. The highest BCUT2D eigenvalue weighted by atomic mass is 32.2. The molecule has 5 nitrogen and oxygen atoms in total. The first-order chi connectivity index (χ1) is 10.4. The first-order valence-electron chi connectivity index (χ1n) is 6.97. The van der Waals surface area contributed by atoms with Gasteiger partial charge in [-0.2, -0.15) is 5.10 Å². The molecule has 0 spiro atoms. The van der Waals surface area contributed by atoms with E-state index in [4.69, 9.17) is 5.14 Å². The van der Waals surface area contributed by atoms with Crippen molar-refractivity contribution >= 4 is 10.0 Å². The quantitative estimate of drug-likeness (QED) is 0.919. The highest BCUT2D eigenvalue weighted by Gasteiger charge is 2.45. The molecule has 0 saturated heterocycles. The first-order valence-corrected chi connectivity index (χ1v) is 8.52. The van der Waals surface area contributed by atoms with Gasteiger partial charge in [0.2, 0.25) is 0 Å². The minimum atomic E-state index is -3.99. The number of nitrogens with zero attached hydrogens (tertiary/aromatic N) is 2. The second kappa shape index (κ2) is 4.36. The Morgan fingerprint density at radius 2 is 1.95 bits per heavy atom. The van der Waals surface area contributed by atoms with Crippen LogP contribution in [-0.2, 0) is 10.0 Å². The smallest absolute Gasteiger partial charge is 0.233 e. The van der Waals surface area contributed by atoms with Gasteiger partial charge in [0.15, 0.2) is 10.8 Å². The van der Waals surface area contributed by atoms with E-state index in [-0.39, 0.29) is 22.5 Å². The predicted molar refractivity (Wildman–Crippen MR) is 74.2 cm³/mol. The number of aromatic nitrogens is 2. The monoisotopic (exact) mass is 325 g/mol. The van der Waals surface area contributed by atoms with Gasteiger partial charge in [-0.25, -0.2) is 27.0 Å². The maximum Gasteiger partial charge on any atom is 0.257 e. The normalized spacial score (nSPS) is 23.0. The lowest BCUT2D eigenvalue weighted by Crippen LogP contribution is -2.15. The van der Waals surface area contributed by atoms with Crippen LogP contribution in [-0.4, -0.2) is 18.2 Å². The molecule has 116 valence electrons. The number of fused-ring (bicyclic) bond motifs is 5. The number of hydrogen-bond acceptors (Lipinski definition) is 3. The summed E-state index contributed by atoms with van der Waals surface area (Å²) in [5, 5.41) is 9.12. The summed E-state index contributed by atoms with van der Waals surface area (Å²) < 4.78 is 52.1. The van der Waals surface area contributed by atoms with Crippen LogP contribution in [0, 0.1) is 11.6 Å². The molecule has 2 atom stereocenters. The second-order valence-corrected chi connectivity index (χ2v) is 7.34. The van der Waals surface area contributed by atoms with Crippen molar-refractivity contribution < 1.29 is 17.2 Å². The first kappa shape index (κ1) is 13.8. The third-order valence-electron chi connectivity index (χ3n) is 4.56. The van der Waals surface area contributed by atoms with Crippen LogP contribution in [0.25, 0.3) is 5.69 Å². The second-order valence-electron chi connectivity index (χ2n) is 5.86. The Balaban J connectivity index is 2.01. The van der Waals surface area contributed by atoms with Crippen LogP contribution < -0.4 is 5.14 Å². The van der Waals surface area contributed by atoms with Crippen LogP contribution in [0.15, 0.2) is 23.2 Å². The molecule has 1 fully saturated rings. The van der Waals surface area contributed by atoms with Gasteiger partial charge in [-0.15, -0.1) is 0 Å². The van der Waals surface area contributed by atoms with E-state index < -0.39 is 21.7 Å². The molecule has 0 radical (unpaired) electrons. The number of sulfonamides is 1. The van der Waals surface area contributed by atoms with Crippen LogP contribution in [0.4, 0.5) is 8.78 Å². The molecule has 2 bridgehead atoms. The molecular weight excluding hydrogens is 312 g/mol. The van der Waals surface area contributed by atoms with Crippen molar-refractivity contribution in [2.24, 2.45) is 5.14 Å². The van der Waals surface area contributed by atoms with Gasteiger partial charge in [-0.3, -0.25) is 0 Å². The fourth-order valence-electron chi connectivity index (χ4n) is 3.74. The lowest BCUT2D eigenvalue weighted by Gasteiger charge is -2.14.